The predicted octanol–water partition coefficient (Wildman–Crippen LogP) is 4.23. The van der Waals surface area contributed by atoms with E-state index in [9.17, 15) is 0 Å². The van der Waals surface area contributed by atoms with Crippen molar-refractivity contribution >= 4 is 5.82 Å². The summed E-state index contributed by atoms with van der Waals surface area (Å²) >= 11 is 0. The third-order valence-electron chi connectivity index (χ3n) is 6.04. The van der Waals surface area contributed by atoms with E-state index in [0.29, 0.717) is 0 Å². The van der Waals surface area contributed by atoms with Gasteiger partial charge in [-0.3, -0.25) is 15.0 Å². The molecule has 3 aromatic rings. The summed E-state index contributed by atoms with van der Waals surface area (Å²) in [6.45, 7) is 13.3. The minimum Gasteiger partial charge on any atom is -0.491 e. The Balaban J connectivity index is 1.63. The van der Waals surface area contributed by atoms with Crippen molar-refractivity contribution in [1.29, 1.82) is 0 Å². The molecule has 0 spiro atoms. The fourth-order valence-corrected chi connectivity index (χ4v) is 4.55. The minimum atomic E-state index is 0.161. The summed E-state index contributed by atoms with van der Waals surface area (Å²) in [5.74, 6) is 1.81. The van der Waals surface area contributed by atoms with Gasteiger partial charge in [-0.1, -0.05) is 12.1 Å². The summed E-state index contributed by atoms with van der Waals surface area (Å²) in [6.07, 6.45) is 5.50. The number of nitrogens with one attached hydrogen (secondary N) is 1. The Morgan fingerprint density at radius 1 is 1.06 bits per heavy atom. The molecule has 2 atom stereocenters. The van der Waals surface area contributed by atoms with Gasteiger partial charge >= 0.3 is 0 Å². The summed E-state index contributed by atoms with van der Waals surface area (Å²) in [5, 5.41) is 7.55. The normalized spacial score (nSPS) is 18.4. The molecule has 1 aliphatic heterocycles. The minimum absolute atomic E-state index is 0.161. The average molecular weight is 421 g/mol. The summed E-state index contributed by atoms with van der Waals surface area (Å²) in [5.41, 5.74) is 4.77. The zero-order valence-electron chi connectivity index (χ0n) is 19.0. The highest BCUT2D eigenvalue weighted by molar-refractivity contribution is 5.43. The summed E-state index contributed by atoms with van der Waals surface area (Å²) in [7, 11) is 0. The SMILES string of the molecule is Cc1n[nH]c(C)c1C(C)N1CCN(c2cnccn2)C(c2ccc(OC(C)C)cc2)C1. The molecule has 164 valence electrons. The zero-order chi connectivity index (χ0) is 22.0. The van der Waals surface area contributed by atoms with E-state index in [2.05, 4.69) is 75.0 Å². The lowest BCUT2D eigenvalue weighted by Gasteiger charge is -2.44. The maximum absolute atomic E-state index is 5.85. The second-order valence-electron chi connectivity index (χ2n) is 8.53. The molecule has 1 aromatic carbocycles. The third kappa shape index (κ3) is 4.56. The number of anilines is 1. The van der Waals surface area contributed by atoms with Crippen LogP contribution in [-0.2, 0) is 0 Å². The number of nitrogens with zero attached hydrogens (tertiary/aromatic N) is 5. The van der Waals surface area contributed by atoms with Gasteiger partial charge in [0.15, 0.2) is 0 Å². The molecule has 2 aromatic heterocycles. The van der Waals surface area contributed by atoms with Crippen LogP contribution in [0.3, 0.4) is 0 Å². The van der Waals surface area contributed by atoms with Crippen molar-refractivity contribution in [3.63, 3.8) is 0 Å². The molecular weight excluding hydrogens is 388 g/mol. The Morgan fingerprint density at radius 3 is 2.45 bits per heavy atom. The molecule has 1 aliphatic rings. The molecule has 1 N–H and O–H groups in total. The highest BCUT2D eigenvalue weighted by Gasteiger charge is 2.33. The van der Waals surface area contributed by atoms with E-state index in [4.69, 9.17) is 4.74 Å². The Kier molecular flexibility index (Phi) is 6.23. The van der Waals surface area contributed by atoms with Gasteiger partial charge < -0.3 is 9.64 Å². The zero-order valence-corrected chi connectivity index (χ0v) is 19.0. The Bertz CT molecular complexity index is 966. The number of ether oxygens (including phenoxy) is 1. The number of benzene rings is 1. The first-order valence-electron chi connectivity index (χ1n) is 11.0. The smallest absolute Gasteiger partial charge is 0.147 e. The maximum atomic E-state index is 5.85. The van der Waals surface area contributed by atoms with E-state index in [1.807, 2.05) is 20.0 Å². The van der Waals surface area contributed by atoms with Crippen LogP contribution in [0.25, 0.3) is 0 Å². The first-order valence-corrected chi connectivity index (χ1v) is 11.0. The van der Waals surface area contributed by atoms with Gasteiger partial charge in [-0.15, -0.1) is 0 Å². The van der Waals surface area contributed by atoms with Crippen LogP contribution in [0.1, 0.15) is 55.4 Å². The van der Waals surface area contributed by atoms with Crippen molar-refractivity contribution in [2.75, 3.05) is 24.5 Å². The van der Waals surface area contributed by atoms with E-state index in [1.165, 1.54) is 11.1 Å². The molecule has 1 saturated heterocycles. The van der Waals surface area contributed by atoms with Crippen LogP contribution in [0.5, 0.6) is 5.75 Å². The van der Waals surface area contributed by atoms with Gasteiger partial charge in [0.25, 0.3) is 0 Å². The Hall–Kier alpha value is -2.93. The lowest BCUT2D eigenvalue weighted by Crippen LogP contribution is -2.49. The summed E-state index contributed by atoms with van der Waals surface area (Å²) < 4.78 is 5.85. The molecule has 31 heavy (non-hydrogen) atoms. The van der Waals surface area contributed by atoms with Crippen LogP contribution in [0.15, 0.2) is 42.9 Å². The molecule has 1 fully saturated rings. The summed E-state index contributed by atoms with van der Waals surface area (Å²) in [6, 6.07) is 8.94. The fourth-order valence-electron chi connectivity index (χ4n) is 4.55. The highest BCUT2D eigenvalue weighted by Crippen LogP contribution is 2.34. The number of aryl methyl sites for hydroxylation is 2. The van der Waals surface area contributed by atoms with Crippen molar-refractivity contribution in [3.8, 4) is 5.75 Å². The molecule has 0 saturated carbocycles. The predicted molar refractivity (Wildman–Crippen MR) is 122 cm³/mol. The molecule has 0 bridgehead atoms. The van der Waals surface area contributed by atoms with Gasteiger partial charge in [0.1, 0.15) is 11.6 Å². The van der Waals surface area contributed by atoms with E-state index >= 15 is 0 Å². The second-order valence-corrected chi connectivity index (χ2v) is 8.53. The van der Waals surface area contributed by atoms with Crippen LogP contribution in [0, 0.1) is 13.8 Å². The monoisotopic (exact) mass is 420 g/mol. The first kappa shape index (κ1) is 21.3. The van der Waals surface area contributed by atoms with E-state index < -0.39 is 0 Å². The number of aromatic amines is 1. The van der Waals surface area contributed by atoms with E-state index in [0.717, 1.165) is 42.6 Å². The largest absolute Gasteiger partial charge is 0.491 e. The molecular formula is C24H32N6O. The van der Waals surface area contributed by atoms with Crippen molar-refractivity contribution < 1.29 is 4.74 Å². The molecule has 7 nitrogen and oxygen atoms in total. The molecule has 0 radical (unpaired) electrons. The topological polar surface area (TPSA) is 70.2 Å². The van der Waals surface area contributed by atoms with Gasteiger partial charge in [-0.25, -0.2) is 4.98 Å². The summed E-state index contributed by atoms with van der Waals surface area (Å²) in [4.78, 5) is 13.8. The number of piperazine rings is 1. The number of rotatable bonds is 6. The standard InChI is InChI=1S/C24H32N6O/c1-16(2)31-21-8-6-20(7-9-21)22-15-29(19(5)24-17(3)27-28-18(24)4)12-13-30(22)23-14-25-10-11-26-23/h6-11,14,16,19,22H,12-13,15H2,1-5H3,(H,27,28). The number of aromatic nitrogens is 4. The second kappa shape index (κ2) is 9.06. The van der Waals surface area contributed by atoms with E-state index in [1.54, 1.807) is 12.4 Å². The number of hydrogen-bond acceptors (Lipinski definition) is 6. The maximum Gasteiger partial charge on any atom is 0.147 e. The fraction of sp³-hybridized carbons (Fsp3) is 0.458. The lowest BCUT2D eigenvalue weighted by atomic mass is 9.98. The lowest BCUT2D eigenvalue weighted by molar-refractivity contribution is 0.170. The average Bonchev–Trinajstić information content (AvgIpc) is 3.11. The van der Waals surface area contributed by atoms with Crippen molar-refractivity contribution in [2.24, 2.45) is 0 Å². The van der Waals surface area contributed by atoms with Crippen LogP contribution < -0.4 is 9.64 Å². The first-order chi connectivity index (χ1) is 14.9. The number of hydrogen-bond donors (Lipinski definition) is 1. The molecule has 4 rings (SSSR count). The van der Waals surface area contributed by atoms with Crippen LogP contribution in [0.2, 0.25) is 0 Å². The van der Waals surface area contributed by atoms with Gasteiger partial charge in [-0.2, -0.15) is 5.10 Å². The van der Waals surface area contributed by atoms with Gasteiger partial charge in [0.2, 0.25) is 0 Å². The van der Waals surface area contributed by atoms with Crippen LogP contribution in [-0.4, -0.2) is 50.8 Å². The Labute approximate surface area is 184 Å². The Morgan fingerprint density at radius 2 is 1.84 bits per heavy atom. The van der Waals surface area contributed by atoms with E-state index in [-0.39, 0.29) is 18.2 Å². The van der Waals surface area contributed by atoms with Crippen molar-refractivity contribution in [3.05, 3.63) is 65.4 Å². The van der Waals surface area contributed by atoms with Gasteiger partial charge in [0.05, 0.1) is 24.0 Å². The molecule has 0 aliphatic carbocycles. The van der Waals surface area contributed by atoms with Gasteiger partial charge in [0, 0.05) is 49.3 Å². The molecule has 2 unspecified atom stereocenters. The van der Waals surface area contributed by atoms with Crippen molar-refractivity contribution in [1.82, 2.24) is 25.1 Å². The van der Waals surface area contributed by atoms with Crippen LogP contribution >= 0.6 is 0 Å². The quantitative estimate of drug-likeness (QED) is 0.644. The number of H-pyrrole nitrogens is 1. The van der Waals surface area contributed by atoms with Crippen LogP contribution in [0.4, 0.5) is 5.82 Å². The highest BCUT2D eigenvalue weighted by atomic mass is 16.5. The molecule has 0 amide bonds. The molecule has 7 heteroatoms. The molecule has 3 heterocycles. The van der Waals surface area contributed by atoms with Crippen molar-refractivity contribution in [2.45, 2.75) is 52.8 Å². The third-order valence-corrected chi connectivity index (χ3v) is 6.04. The van der Waals surface area contributed by atoms with Gasteiger partial charge in [-0.05, 0) is 52.3 Å².